The van der Waals surface area contributed by atoms with E-state index in [0.717, 1.165) is 18.9 Å². The summed E-state index contributed by atoms with van der Waals surface area (Å²) < 4.78 is 41.9. The number of anilines is 2. The number of carbonyl (C=O) groups excluding carboxylic acids is 1. The van der Waals surface area contributed by atoms with E-state index in [1.54, 1.807) is 12.1 Å². The quantitative estimate of drug-likeness (QED) is 0.624. The highest BCUT2D eigenvalue weighted by molar-refractivity contribution is 6.30. The SMILES string of the molecule is O=C(Nc1ccc(NCc2cc(=O)n3cc(Cl)ccc3n2)c(C(F)(F)F)c1)C1CC1. The average Bonchev–Trinajstić information content (AvgIpc) is 3.52. The molecule has 0 saturated heterocycles. The van der Waals surface area contributed by atoms with Crippen molar-refractivity contribution < 1.29 is 18.0 Å². The van der Waals surface area contributed by atoms with Gasteiger partial charge in [0.25, 0.3) is 5.56 Å². The minimum Gasteiger partial charge on any atom is -0.379 e. The number of alkyl halides is 3. The predicted molar refractivity (Wildman–Crippen MR) is 107 cm³/mol. The van der Waals surface area contributed by atoms with Gasteiger partial charge in [-0.3, -0.25) is 14.0 Å². The maximum atomic E-state index is 13.5. The Morgan fingerprint density at radius 3 is 2.67 bits per heavy atom. The molecule has 1 aromatic carbocycles. The van der Waals surface area contributed by atoms with E-state index in [2.05, 4.69) is 15.6 Å². The Labute approximate surface area is 173 Å². The fourth-order valence-corrected chi connectivity index (χ4v) is 3.16. The second kappa shape index (κ2) is 7.64. The zero-order valence-corrected chi connectivity index (χ0v) is 16.2. The Hall–Kier alpha value is -3.07. The molecule has 2 aromatic heterocycles. The first-order chi connectivity index (χ1) is 14.2. The van der Waals surface area contributed by atoms with Crippen molar-refractivity contribution in [3.8, 4) is 0 Å². The highest BCUT2D eigenvalue weighted by atomic mass is 35.5. The number of hydrogen-bond donors (Lipinski definition) is 2. The van der Waals surface area contributed by atoms with Crippen molar-refractivity contribution in [2.24, 2.45) is 5.92 Å². The number of hydrogen-bond acceptors (Lipinski definition) is 4. The number of nitrogens with one attached hydrogen (secondary N) is 2. The van der Waals surface area contributed by atoms with Crippen LogP contribution in [-0.4, -0.2) is 15.3 Å². The number of carbonyl (C=O) groups is 1. The average molecular weight is 437 g/mol. The lowest BCUT2D eigenvalue weighted by atomic mass is 10.1. The van der Waals surface area contributed by atoms with Crippen molar-refractivity contribution in [1.82, 2.24) is 9.38 Å². The molecule has 6 nitrogen and oxygen atoms in total. The maximum absolute atomic E-state index is 13.5. The van der Waals surface area contributed by atoms with Crippen LogP contribution in [-0.2, 0) is 17.5 Å². The molecule has 1 saturated carbocycles. The molecule has 2 heterocycles. The Balaban J connectivity index is 1.57. The molecule has 10 heteroatoms. The number of halogens is 4. The van der Waals surface area contributed by atoms with Gasteiger partial charge in [-0.2, -0.15) is 13.2 Å². The lowest BCUT2D eigenvalue weighted by Gasteiger charge is -2.16. The third kappa shape index (κ3) is 4.40. The minimum absolute atomic E-state index is 0.0868. The second-order valence-electron chi connectivity index (χ2n) is 7.04. The molecule has 1 aliphatic carbocycles. The standard InChI is InChI=1S/C20H16ClF3N4O2/c21-12-3-6-17-26-14(8-18(29)28(17)10-12)9-25-16-5-4-13(7-15(16)20(22,23)24)27-19(30)11-1-2-11/h3-8,10-11,25H,1-2,9H2,(H,27,30). The van der Waals surface area contributed by atoms with E-state index in [4.69, 9.17) is 11.6 Å². The molecule has 1 aliphatic rings. The first kappa shape index (κ1) is 20.2. The largest absolute Gasteiger partial charge is 0.418 e. The van der Waals surface area contributed by atoms with Gasteiger partial charge >= 0.3 is 6.18 Å². The summed E-state index contributed by atoms with van der Waals surface area (Å²) in [6.07, 6.45) is -1.71. The molecule has 30 heavy (non-hydrogen) atoms. The summed E-state index contributed by atoms with van der Waals surface area (Å²) in [5.74, 6) is -0.394. The molecule has 156 valence electrons. The van der Waals surface area contributed by atoms with Crippen LogP contribution in [0.15, 0.2) is 47.4 Å². The van der Waals surface area contributed by atoms with Crippen LogP contribution < -0.4 is 16.2 Å². The second-order valence-corrected chi connectivity index (χ2v) is 7.47. The fraction of sp³-hybridized carbons (Fsp3) is 0.250. The van der Waals surface area contributed by atoms with Gasteiger partial charge in [0.15, 0.2) is 0 Å². The van der Waals surface area contributed by atoms with E-state index in [-0.39, 0.29) is 35.4 Å². The molecule has 0 spiro atoms. The highest BCUT2D eigenvalue weighted by Gasteiger charge is 2.35. The Kier molecular flexibility index (Phi) is 5.15. The Morgan fingerprint density at radius 2 is 1.97 bits per heavy atom. The topological polar surface area (TPSA) is 75.5 Å². The number of nitrogens with zero attached hydrogens (tertiary/aromatic N) is 2. The molecule has 0 unspecified atom stereocenters. The van der Waals surface area contributed by atoms with E-state index < -0.39 is 17.3 Å². The monoisotopic (exact) mass is 436 g/mol. The number of aromatic nitrogens is 2. The van der Waals surface area contributed by atoms with Crippen molar-refractivity contribution in [1.29, 1.82) is 0 Å². The molecule has 1 amide bonds. The van der Waals surface area contributed by atoms with E-state index in [9.17, 15) is 22.8 Å². The van der Waals surface area contributed by atoms with Gasteiger partial charge in [0.05, 0.1) is 22.8 Å². The van der Waals surface area contributed by atoms with Crippen molar-refractivity contribution in [2.75, 3.05) is 10.6 Å². The molecule has 0 bridgehead atoms. The molecule has 0 aliphatic heterocycles. The zero-order chi connectivity index (χ0) is 21.5. The predicted octanol–water partition coefficient (Wildman–Crippen LogP) is 4.33. The first-order valence-corrected chi connectivity index (χ1v) is 9.52. The summed E-state index contributed by atoms with van der Waals surface area (Å²) in [5, 5.41) is 5.56. The molecular formula is C20H16ClF3N4O2. The van der Waals surface area contributed by atoms with Gasteiger partial charge < -0.3 is 10.6 Å². The van der Waals surface area contributed by atoms with Crippen molar-refractivity contribution >= 4 is 34.5 Å². The van der Waals surface area contributed by atoms with Crippen LogP contribution in [0.3, 0.4) is 0 Å². The summed E-state index contributed by atoms with van der Waals surface area (Å²) >= 11 is 5.86. The van der Waals surface area contributed by atoms with Crippen LogP contribution in [0.4, 0.5) is 24.5 Å². The van der Waals surface area contributed by atoms with Crippen LogP contribution in [0.5, 0.6) is 0 Å². The van der Waals surface area contributed by atoms with Crippen molar-refractivity contribution in [3.05, 3.63) is 69.2 Å². The van der Waals surface area contributed by atoms with E-state index in [1.807, 2.05) is 0 Å². The van der Waals surface area contributed by atoms with Gasteiger partial charge in [-0.25, -0.2) is 4.98 Å². The number of amides is 1. The number of pyridine rings is 1. The third-order valence-corrected chi connectivity index (χ3v) is 4.90. The van der Waals surface area contributed by atoms with Gasteiger partial charge in [0.1, 0.15) is 5.65 Å². The first-order valence-electron chi connectivity index (χ1n) is 9.14. The maximum Gasteiger partial charge on any atom is 0.418 e. The summed E-state index contributed by atoms with van der Waals surface area (Å²) in [5.41, 5.74) is -0.790. The summed E-state index contributed by atoms with van der Waals surface area (Å²) in [6, 6.07) is 7.89. The summed E-state index contributed by atoms with van der Waals surface area (Å²) in [7, 11) is 0. The van der Waals surface area contributed by atoms with Crippen LogP contribution >= 0.6 is 11.6 Å². The molecule has 0 atom stereocenters. The lowest BCUT2D eigenvalue weighted by molar-refractivity contribution is -0.137. The van der Waals surface area contributed by atoms with Crippen molar-refractivity contribution in [3.63, 3.8) is 0 Å². The number of fused-ring (bicyclic) bond motifs is 1. The van der Waals surface area contributed by atoms with Gasteiger partial charge in [-0.1, -0.05) is 11.6 Å². The van der Waals surface area contributed by atoms with Gasteiger partial charge in [0, 0.05) is 29.6 Å². The number of rotatable bonds is 5. The van der Waals surface area contributed by atoms with E-state index in [0.29, 0.717) is 10.7 Å². The highest BCUT2D eigenvalue weighted by Crippen LogP contribution is 2.37. The van der Waals surface area contributed by atoms with Crippen LogP contribution in [0.25, 0.3) is 5.65 Å². The molecule has 3 aromatic rings. The molecule has 1 fully saturated rings. The smallest absolute Gasteiger partial charge is 0.379 e. The van der Waals surface area contributed by atoms with Gasteiger partial charge in [-0.05, 0) is 43.2 Å². The Morgan fingerprint density at radius 1 is 1.20 bits per heavy atom. The molecule has 2 N–H and O–H groups in total. The van der Waals surface area contributed by atoms with Crippen LogP contribution in [0.1, 0.15) is 24.1 Å². The summed E-state index contributed by atoms with van der Waals surface area (Å²) in [4.78, 5) is 28.3. The molecular weight excluding hydrogens is 421 g/mol. The Bertz CT molecular complexity index is 1190. The normalized spacial score (nSPS) is 14.0. The van der Waals surface area contributed by atoms with Crippen molar-refractivity contribution in [2.45, 2.75) is 25.6 Å². The number of benzene rings is 1. The minimum atomic E-state index is -4.63. The van der Waals surface area contributed by atoms with Gasteiger partial charge in [0.2, 0.25) is 5.91 Å². The van der Waals surface area contributed by atoms with Crippen LogP contribution in [0.2, 0.25) is 5.02 Å². The van der Waals surface area contributed by atoms with E-state index >= 15 is 0 Å². The van der Waals surface area contributed by atoms with E-state index in [1.165, 1.54) is 28.8 Å². The molecule has 4 rings (SSSR count). The molecule has 0 radical (unpaired) electrons. The van der Waals surface area contributed by atoms with Crippen LogP contribution in [0, 0.1) is 5.92 Å². The fourth-order valence-electron chi connectivity index (χ4n) is 3.00. The lowest BCUT2D eigenvalue weighted by Crippen LogP contribution is -2.18. The third-order valence-electron chi connectivity index (χ3n) is 4.68. The summed E-state index contributed by atoms with van der Waals surface area (Å²) in [6.45, 7) is -0.0920. The van der Waals surface area contributed by atoms with Gasteiger partial charge in [-0.15, -0.1) is 0 Å². The zero-order valence-electron chi connectivity index (χ0n) is 15.5.